The molecule has 3 aromatic heterocycles. The summed E-state index contributed by atoms with van der Waals surface area (Å²) in [6, 6.07) is 8.24. The highest BCUT2D eigenvalue weighted by Crippen LogP contribution is 2.36. The third-order valence-electron chi connectivity index (χ3n) is 4.24. The summed E-state index contributed by atoms with van der Waals surface area (Å²) < 4.78 is 41.4. The zero-order chi connectivity index (χ0) is 20.6. The highest BCUT2D eigenvalue weighted by Gasteiger charge is 2.33. The Kier molecular flexibility index (Phi) is 4.63. The molecule has 0 aliphatic heterocycles. The molecule has 0 radical (unpaired) electrons. The Hall–Kier alpha value is -3.53. The van der Waals surface area contributed by atoms with Crippen molar-refractivity contribution in [2.24, 2.45) is 0 Å². The maximum atomic E-state index is 13.4. The van der Waals surface area contributed by atoms with Crippen LogP contribution < -0.4 is 5.32 Å². The summed E-state index contributed by atoms with van der Waals surface area (Å²) in [6.07, 6.45) is -1.35. The van der Waals surface area contributed by atoms with Gasteiger partial charge in [-0.15, -0.1) is 0 Å². The molecular weight excluding hydrogens is 385 g/mol. The Morgan fingerprint density at radius 2 is 1.79 bits per heavy atom. The van der Waals surface area contributed by atoms with E-state index in [1.54, 1.807) is 13.0 Å². The molecule has 0 amide bonds. The van der Waals surface area contributed by atoms with Crippen molar-refractivity contribution in [2.75, 3.05) is 5.32 Å². The quantitative estimate of drug-likeness (QED) is 0.509. The van der Waals surface area contributed by atoms with Crippen LogP contribution in [0, 0.1) is 6.92 Å². The number of imidazole rings is 1. The van der Waals surface area contributed by atoms with E-state index in [9.17, 15) is 18.3 Å². The van der Waals surface area contributed by atoms with Gasteiger partial charge in [0.25, 0.3) is 0 Å². The Labute approximate surface area is 162 Å². The van der Waals surface area contributed by atoms with Crippen LogP contribution in [0.4, 0.5) is 19.0 Å². The molecule has 1 aromatic carbocycles. The van der Waals surface area contributed by atoms with Gasteiger partial charge in [-0.2, -0.15) is 22.8 Å². The molecule has 0 aliphatic rings. The van der Waals surface area contributed by atoms with Crippen molar-refractivity contribution in [3.63, 3.8) is 0 Å². The van der Waals surface area contributed by atoms with Gasteiger partial charge in [0.05, 0.1) is 29.3 Å². The van der Waals surface area contributed by atoms with E-state index in [-0.39, 0.29) is 17.0 Å². The number of nitrogens with one attached hydrogen (secondary N) is 1. The van der Waals surface area contributed by atoms with E-state index >= 15 is 0 Å². The molecule has 0 spiro atoms. The smallest absolute Gasteiger partial charge is 0.368 e. The van der Waals surface area contributed by atoms with Gasteiger partial charge in [0.2, 0.25) is 0 Å². The summed E-state index contributed by atoms with van der Waals surface area (Å²) >= 11 is 0. The number of aryl methyl sites for hydroxylation is 1. The standard InChI is InChI=1S/C19H15F3N6O/c1-11-8-24-15(9-23-11)18(29)26-17-10-25-16-7-6-14(27-28(16)17)12-4-2-3-5-13(12)19(20,21)22/h2-10,18,26,29H,1H3. The normalized spacial score (nSPS) is 12.9. The third-order valence-corrected chi connectivity index (χ3v) is 4.24. The van der Waals surface area contributed by atoms with Crippen molar-refractivity contribution >= 4 is 11.5 Å². The number of hydrogen-bond acceptors (Lipinski definition) is 6. The van der Waals surface area contributed by atoms with Gasteiger partial charge in [-0.05, 0) is 25.1 Å². The highest BCUT2D eigenvalue weighted by molar-refractivity contribution is 5.66. The molecule has 0 saturated heterocycles. The Balaban J connectivity index is 1.72. The van der Waals surface area contributed by atoms with Gasteiger partial charge in [-0.3, -0.25) is 9.97 Å². The lowest BCUT2D eigenvalue weighted by molar-refractivity contribution is -0.137. The molecule has 7 nitrogen and oxygen atoms in total. The molecule has 0 bridgehead atoms. The molecule has 0 aliphatic carbocycles. The van der Waals surface area contributed by atoms with E-state index in [1.807, 2.05) is 0 Å². The number of aromatic nitrogens is 5. The molecular formula is C19H15F3N6O. The molecule has 0 fully saturated rings. The first-order valence-electron chi connectivity index (χ1n) is 8.57. The van der Waals surface area contributed by atoms with Crippen LogP contribution in [0.2, 0.25) is 0 Å². The number of nitrogens with zero attached hydrogens (tertiary/aromatic N) is 5. The van der Waals surface area contributed by atoms with Crippen molar-refractivity contribution in [1.29, 1.82) is 0 Å². The molecule has 2 N–H and O–H groups in total. The largest absolute Gasteiger partial charge is 0.417 e. The van der Waals surface area contributed by atoms with E-state index in [1.165, 1.54) is 47.4 Å². The zero-order valence-corrected chi connectivity index (χ0v) is 15.1. The molecule has 1 atom stereocenters. The number of halogens is 3. The van der Waals surface area contributed by atoms with Crippen LogP contribution in [0.15, 0.2) is 55.0 Å². The molecule has 4 rings (SSSR count). The number of aliphatic hydroxyl groups excluding tert-OH is 1. The van der Waals surface area contributed by atoms with Crippen LogP contribution in [0.1, 0.15) is 23.2 Å². The number of benzene rings is 1. The van der Waals surface area contributed by atoms with Gasteiger partial charge in [-0.25, -0.2) is 4.98 Å². The molecule has 3 heterocycles. The Morgan fingerprint density at radius 1 is 1.00 bits per heavy atom. The summed E-state index contributed by atoms with van der Waals surface area (Å²) in [5.41, 5.74) is 0.677. The second-order valence-electron chi connectivity index (χ2n) is 6.30. The average molecular weight is 400 g/mol. The molecule has 1 unspecified atom stereocenters. The molecule has 29 heavy (non-hydrogen) atoms. The number of anilines is 1. The van der Waals surface area contributed by atoms with Crippen LogP contribution in [0.3, 0.4) is 0 Å². The van der Waals surface area contributed by atoms with Crippen LogP contribution in [0.25, 0.3) is 16.9 Å². The Morgan fingerprint density at radius 3 is 2.52 bits per heavy atom. The monoisotopic (exact) mass is 400 g/mol. The fourth-order valence-electron chi connectivity index (χ4n) is 2.83. The molecule has 4 aromatic rings. The van der Waals surface area contributed by atoms with Crippen molar-refractivity contribution in [1.82, 2.24) is 24.6 Å². The van der Waals surface area contributed by atoms with E-state index in [2.05, 4.69) is 25.4 Å². The lowest BCUT2D eigenvalue weighted by Gasteiger charge is -2.14. The van der Waals surface area contributed by atoms with Crippen molar-refractivity contribution in [3.8, 4) is 11.3 Å². The second kappa shape index (κ2) is 7.13. The summed E-state index contributed by atoms with van der Waals surface area (Å²) in [4.78, 5) is 12.3. The van der Waals surface area contributed by atoms with Gasteiger partial charge in [-0.1, -0.05) is 18.2 Å². The predicted octanol–water partition coefficient (Wildman–Crippen LogP) is 3.62. The summed E-state index contributed by atoms with van der Waals surface area (Å²) in [7, 11) is 0. The lowest BCUT2D eigenvalue weighted by atomic mass is 10.0. The van der Waals surface area contributed by atoms with E-state index in [4.69, 9.17) is 0 Å². The summed E-state index contributed by atoms with van der Waals surface area (Å²) in [6.45, 7) is 1.77. The van der Waals surface area contributed by atoms with E-state index < -0.39 is 18.0 Å². The number of rotatable bonds is 4. The minimum atomic E-state index is -4.51. The van der Waals surface area contributed by atoms with Crippen LogP contribution >= 0.6 is 0 Å². The van der Waals surface area contributed by atoms with Crippen LogP contribution in [0.5, 0.6) is 0 Å². The predicted molar refractivity (Wildman–Crippen MR) is 98.8 cm³/mol. The van der Waals surface area contributed by atoms with Crippen molar-refractivity contribution in [3.05, 3.63) is 71.9 Å². The van der Waals surface area contributed by atoms with E-state index in [0.29, 0.717) is 17.2 Å². The first-order chi connectivity index (χ1) is 13.8. The lowest BCUT2D eigenvalue weighted by Crippen LogP contribution is -2.14. The van der Waals surface area contributed by atoms with Gasteiger partial charge in [0, 0.05) is 11.8 Å². The first-order valence-corrected chi connectivity index (χ1v) is 8.57. The van der Waals surface area contributed by atoms with Crippen LogP contribution in [-0.2, 0) is 6.18 Å². The van der Waals surface area contributed by atoms with Crippen LogP contribution in [-0.4, -0.2) is 29.7 Å². The van der Waals surface area contributed by atoms with Crippen molar-refractivity contribution in [2.45, 2.75) is 19.3 Å². The summed E-state index contributed by atoms with van der Waals surface area (Å²) in [5, 5.41) is 17.4. The molecule has 0 saturated carbocycles. The summed E-state index contributed by atoms with van der Waals surface area (Å²) in [5.74, 6) is 0.293. The SMILES string of the molecule is Cc1cnc(C(O)Nc2cnc3ccc(-c4ccccc4C(F)(F)F)nn23)cn1. The fraction of sp³-hybridized carbons (Fsp3) is 0.158. The third kappa shape index (κ3) is 3.74. The second-order valence-corrected chi connectivity index (χ2v) is 6.30. The minimum Gasteiger partial charge on any atom is -0.368 e. The maximum Gasteiger partial charge on any atom is 0.417 e. The number of aliphatic hydroxyl groups is 1. The van der Waals surface area contributed by atoms with Gasteiger partial charge < -0.3 is 10.4 Å². The number of fused-ring (bicyclic) bond motifs is 1. The fourth-order valence-corrected chi connectivity index (χ4v) is 2.83. The number of alkyl halides is 3. The van der Waals surface area contributed by atoms with Crippen molar-refractivity contribution < 1.29 is 18.3 Å². The topological polar surface area (TPSA) is 88.2 Å². The molecule has 10 heteroatoms. The first kappa shape index (κ1) is 18.8. The maximum absolute atomic E-state index is 13.4. The Bertz CT molecular complexity index is 1160. The number of hydrogen-bond donors (Lipinski definition) is 2. The van der Waals surface area contributed by atoms with Gasteiger partial charge in [0.1, 0.15) is 5.69 Å². The highest BCUT2D eigenvalue weighted by atomic mass is 19.4. The van der Waals surface area contributed by atoms with Gasteiger partial charge in [0.15, 0.2) is 17.7 Å². The molecule has 148 valence electrons. The zero-order valence-electron chi connectivity index (χ0n) is 15.1. The minimum absolute atomic E-state index is 0.0495. The van der Waals surface area contributed by atoms with E-state index in [0.717, 1.165) is 6.07 Å². The van der Waals surface area contributed by atoms with Gasteiger partial charge >= 0.3 is 6.18 Å². The average Bonchev–Trinajstić information content (AvgIpc) is 3.10.